The quantitative estimate of drug-likeness (QED) is 0.275. The molecule has 3 N–H and O–H groups in total. The lowest BCUT2D eigenvalue weighted by molar-refractivity contribution is 0.102. The number of anilines is 1. The van der Waals surface area contributed by atoms with Crippen LogP contribution in [0.5, 0.6) is 0 Å². The van der Waals surface area contributed by atoms with E-state index in [0.717, 1.165) is 73.0 Å². The molecule has 1 amide bonds. The first-order chi connectivity index (χ1) is 19.1. The Bertz CT molecular complexity index is 1400. The minimum atomic E-state index is -0.168. The van der Waals surface area contributed by atoms with Crippen molar-refractivity contribution >= 4 is 22.6 Å². The molecule has 2 fully saturated rings. The highest BCUT2D eigenvalue weighted by Gasteiger charge is 2.21. The third kappa shape index (κ3) is 6.20. The highest BCUT2D eigenvalue weighted by Crippen LogP contribution is 2.23. The maximum Gasteiger partial charge on any atom is 0.255 e. The van der Waals surface area contributed by atoms with Gasteiger partial charge in [-0.25, -0.2) is 4.98 Å². The molecule has 1 atom stereocenters. The summed E-state index contributed by atoms with van der Waals surface area (Å²) in [6.45, 7) is 6.46. The molecule has 0 spiro atoms. The fourth-order valence-corrected chi connectivity index (χ4v) is 5.80. The molecule has 0 unspecified atom stereocenters. The van der Waals surface area contributed by atoms with Crippen LogP contribution < -0.4 is 10.6 Å². The molecule has 2 saturated heterocycles. The number of hydrogen-bond donors (Lipinski definition) is 3. The zero-order valence-corrected chi connectivity index (χ0v) is 22.6. The zero-order chi connectivity index (χ0) is 26.6. The smallest absolute Gasteiger partial charge is 0.255 e. The van der Waals surface area contributed by atoms with E-state index in [0.29, 0.717) is 23.3 Å². The fraction of sp³-hybridized carbons (Fsp3) is 0.467. The summed E-state index contributed by atoms with van der Waals surface area (Å²) in [6.07, 6.45) is 8.07. The van der Waals surface area contributed by atoms with Crippen molar-refractivity contribution in [1.29, 1.82) is 0 Å². The van der Waals surface area contributed by atoms with Gasteiger partial charge in [-0.15, -0.1) is 0 Å². The number of carbonyl (C=O) groups excluding carboxylic acids is 1. The van der Waals surface area contributed by atoms with Crippen molar-refractivity contribution in [3.05, 3.63) is 59.7 Å². The van der Waals surface area contributed by atoms with Crippen LogP contribution in [-0.2, 0) is 13.0 Å². The first-order valence-electron chi connectivity index (χ1n) is 14.3. The standard InChI is InChI=1S/C30H37N7O2/c1-20-4-3-17-37(20)19-27-33-25-12-11-24(18-26(25)34-27)32-30(38)23-9-7-22(8-10-23)29-35-28(39-36-29)6-2-5-21-13-15-31-16-14-21/h7-12,18,20-21,31H,2-6,13-17,19H2,1H3,(H,32,38)(H,33,34)/t20-/m0/s1. The largest absolute Gasteiger partial charge is 0.341 e. The zero-order valence-electron chi connectivity index (χ0n) is 22.6. The molecule has 6 rings (SSSR count). The average molecular weight is 528 g/mol. The molecule has 4 aromatic rings. The van der Waals surface area contributed by atoms with Gasteiger partial charge in [0.1, 0.15) is 5.82 Å². The van der Waals surface area contributed by atoms with E-state index >= 15 is 0 Å². The normalized spacial score (nSPS) is 18.6. The van der Waals surface area contributed by atoms with Gasteiger partial charge in [0.05, 0.1) is 17.6 Å². The Kier molecular flexibility index (Phi) is 7.69. The molecular weight excluding hydrogens is 490 g/mol. The number of aromatic amines is 1. The summed E-state index contributed by atoms with van der Waals surface area (Å²) in [5, 5.41) is 10.6. The number of aromatic nitrogens is 4. The lowest BCUT2D eigenvalue weighted by Crippen LogP contribution is -2.27. The molecule has 0 bridgehead atoms. The second-order valence-corrected chi connectivity index (χ2v) is 11.0. The van der Waals surface area contributed by atoms with E-state index in [1.165, 1.54) is 32.1 Å². The van der Waals surface area contributed by atoms with Gasteiger partial charge in [-0.2, -0.15) is 4.98 Å². The van der Waals surface area contributed by atoms with Crippen molar-refractivity contribution in [1.82, 2.24) is 30.3 Å². The van der Waals surface area contributed by atoms with Crippen LogP contribution in [-0.4, -0.2) is 56.6 Å². The predicted octanol–water partition coefficient (Wildman–Crippen LogP) is 5.17. The van der Waals surface area contributed by atoms with Crippen LogP contribution in [0.1, 0.15) is 67.5 Å². The van der Waals surface area contributed by atoms with Crippen molar-refractivity contribution < 1.29 is 9.32 Å². The Hall–Kier alpha value is -3.56. The van der Waals surface area contributed by atoms with Gasteiger partial charge in [0.15, 0.2) is 0 Å². The summed E-state index contributed by atoms with van der Waals surface area (Å²) in [4.78, 5) is 28.1. The number of aryl methyl sites for hydroxylation is 1. The molecule has 9 nitrogen and oxygen atoms in total. The van der Waals surface area contributed by atoms with Gasteiger partial charge in [-0.3, -0.25) is 9.69 Å². The van der Waals surface area contributed by atoms with Crippen LogP contribution >= 0.6 is 0 Å². The van der Waals surface area contributed by atoms with Crippen LogP contribution in [0, 0.1) is 5.92 Å². The van der Waals surface area contributed by atoms with Gasteiger partial charge in [-0.1, -0.05) is 17.3 Å². The van der Waals surface area contributed by atoms with E-state index in [1.54, 1.807) is 12.1 Å². The fourth-order valence-electron chi connectivity index (χ4n) is 5.80. The van der Waals surface area contributed by atoms with E-state index < -0.39 is 0 Å². The highest BCUT2D eigenvalue weighted by atomic mass is 16.5. The molecule has 2 aliphatic rings. The third-order valence-corrected chi connectivity index (χ3v) is 8.17. The summed E-state index contributed by atoms with van der Waals surface area (Å²) in [7, 11) is 0. The number of piperidine rings is 1. The average Bonchev–Trinajstić information content (AvgIpc) is 3.69. The van der Waals surface area contributed by atoms with Crippen LogP contribution in [0.4, 0.5) is 5.69 Å². The summed E-state index contributed by atoms with van der Waals surface area (Å²) < 4.78 is 5.48. The lowest BCUT2D eigenvalue weighted by atomic mass is 9.92. The van der Waals surface area contributed by atoms with Crippen molar-refractivity contribution in [2.24, 2.45) is 5.92 Å². The molecule has 2 aromatic heterocycles. The molecule has 39 heavy (non-hydrogen) atoms. The first kappa shape index (κ1) is 25.7. The van der Waals surface area contributed by atoms with Gasteiger partial charge in [-0.05, 0) is 101 Å². The number of amides is 1. The molecule has 0 saturated carbocycles. The monoisotopic (exact) mass is 527 g/mol. The Balaban J connectivity index is 1.04. The third-order valence-electron chi connectivity index (χ3n) is 8.17. The van der Waals surface area contributed by atoms with Gasteiger partial charge in [0.25, 0.3) is 5.91 Å². The lowest BCUT2D eigenvalue weighted by Gasteiger charge is -2.21. The first-order valence-corrected chi connectivity index (χ1v) is 14.3. The van der Waals surface area contributed by atoms with E-state index in [-0.39, 0.29) is 5.91 Å². The number of rotatable bonds is 9. The number of carbonyl (C=O) groups is 1. The van der Waals surface area contributed by atoms with Crippen molar-refractivity contribution in [2.45, 2.75) is 64.5 Å². The number of nitrogens with one attached hydrogen (secondary N) is 3. The Morgan fingerprint density at radius 1 is 1.10 bits per heavy atom. The van der Waals surface area contributed by atoms with Gasteiger partial charge in [0, 0.05) is 29.3 Å². The number of benzene rings is 2. The van der Waals surface area contributed by atoms with Crippen LogP contribution in [0.2, 0.25) is 0 Å². The van der Waals surface area contributed by atoms with Crippen LogP contribution in [0.15, 0.2) is 47.0 Å². The molecule has 4 heterocycles. The number of hydrogen-bond acceptors (Lipinski definition) is 7. The summed E-state index contributed by atoms with van der Waals surface area (Å²) >= 11 is 0. The number of H-pyrrole nitrogens is 1. The van der Waals surface area contributed by atoms with Crippen molar-refractivity contribution in [3.8, 4) is 11.4 Å². The molecule has 0 aliphatic carbocycles. The number of nitrogens with zero attached hydrogens (tertiary/aromatic N) is 4. The Morgan fingerprint density at radius 2 is 1.95 bits per heavy atom. The summed E-state index contributed by atoms with van der Waals surface area (Å²) in [6, 6.07) is 13.7. The van der Waals surface area contributed by atoms with Crippen LogP contribution in [0.3, 0.4) is 0 Å². The second-order valence-electron chi connectivity index (χ2n) is 11.0. The minimum Gasteiger partial charge on any atom is -0.341 e. The maximum atomic E-state index is 12.9. The molecule has 2 aliphatic heterocycles. The van der Waals surface area contributed by atoms with Gasteiger partial charge >= 0.3 is 0 Å². The summed E-state index contributed by atoms with van der Waals surface area (Å²) in [5.41, 5.74) is 3.96. The Morgan fingerprint density at radius 3 is 2.74 bits per heavy atom. The number of fused-ring (bicyclic) bond motifs is 1. The molecule has 9 heteroatoms. The molecular formula is C30H37N7O2. The minimum absolute atomic E-state index is 0.168. The molecule has 2 aromatic carbocycles. The highest BCUT2D eigenvalue weighted by molar-refractivity contribution is 6.05. The number of likely N-dealkylation sites (tertiary alicyclic amines) is 1. The van der Waals surface area contributed by atoms with Gasteiger partial charge in [0.2, 0.25) is 11.7 Å². The molecule has 204 valence electrons. The topological polar surface area (TPSA) is 112 Å². The second kappa shape index (κ2) is 11.7. The maximum absolute atomic E-state index is 12.9. The van der Waals surface area contributed by atoms with Crippen molar-refractivity contribution in [2.75, 3.05) is 25.0 Å². The predicted molar refractivity (Wildman–Crippen MR) is 151 cm³/mol. The van der Waals surface area contributed by atoms with E-state index in [9.17, 15) is 4.79 Å². The van der Waals surface area contributed by atoms with E-state index in [1.807, 2.05) is 30.3 Å². The van der Waals surface area contributed by atoms with Crippen molar-refractivity contribution in [3.63, 3.8) is 0 Å². The molecule has 0 radical (unpaired) electrons. The SMILES string of the molecule is C[C@H]1CCCN1Cc1nc2ccc(NC(=O)c3ccc(-c4noc(CCCC5CCNCC5)n4)cc3)cc2[nH]1. The Labute approximate surface area is 228 Å². The van der Waals surface area contributed by atoms with E-state index in [4.69, 9.17) is 9.51 Å². The van der Waals surface area contributed by atoms with E-state index in [2.05, 4.69) is 37.6 Å². The number of imidazole rings is 1. The summed E-state index contributed by atoms with van der Waals surface area (Å²) in [5.74, 6) is 2.83. The van der Waals surface area contributed by atoms with Crippen LogP contribution in [0.25, 0.3) is 22.4 Å². The van der Waals surface area contributed by atoms with Gasteiger partial charge < -0.3 is 20.1 Å².